The van der Waals surface area contributed by atoms with Gasteiger partial charge in [-0.1, -0.05) is 71.7 Å². The quantitative estimate of drug-likeness (QED) is 0.230. The van der Waals surface area contributed by atoms with Crippen LogP contribution in [0, 0.1) is 0 Å². The summed E-state index contributed by atoms with van der Waals surface area (Å²) < 4.78 is 34.5. The lowest BCUT2D eigenvalue weighted by molar-refractivity contribution is -0.0239. The predicted octanol–water partition coefficient (Wildman–Crippen LogP) is 7.26. The number of alkyl halides is 2. The van der Waals surface area contributed by atoms with E-state index in [9.17, 15) is 13.9 Å². The van der Waals surface area contributed by atoms with Gasteiger partial charge in [0.15, 0.2) is 12.2 Å². The van der Waals surface area contributed by atoms with Crippen molar-refractivity contribution in [1.82, 2.24) is 14.5 Å². The van der Waals surface area contributed by atoms with Gasteiger partial charge in [-0.05, 0) is 41.0 Å². The first-order valence-electron chi connectivity index (χ1n) is 11.7. The first kappa shape index (κ1) is 26.1. The van der Waals surface area contributed by atoms with Crippen LogP contribution in [0.3, 0.4) is 0 Å². The number of imidazole rings is 1. The minimum atomic E-state index is -3.06. The summed E-state index contributed by atoms with van der Waals surface area (Å²) in [6.45, 7) is -0.0727. The molecule has 1 atom stereocenters. The molecule has 0 bridgehead atoms. The zero-order valence-electron chi connectivity index (χ0n) is 20.5. The van der Waals surface area contributed by atoms with Crippen LogP contribution in [0.2, 0.25) is 10.0 Å². The Kier molecular flexibility index (Phi) is 6.86. The van der Waals surface area contributed by atoms with Crippen molar-refractivity contribution in [2.75, 3.05) is 6.61 Å². The number of pyridine rings is 1. The van der Waals surface area contributed by atoms with E-state index in [0.717, 1.165) is 6.92 Å². The number of hydrogen-bond donors (Lipinski definition) is 1. The van der Waals surface area contributed by atoms with Crippen molar-refractivity contribution >= 4 is 34.1 Å². The lowest BCUT2D eigenvalue weighted by atomic mass is 9.83. The fourth-order valence-corrected chi connectivity index (χ4v) is 4.91. The van der Waals surface area contributed by atoms with E-state index in [4.69, 9.17) is 27.9 Å². The number of aliphatic hydroxyl groups is 1. The third-order valence-electron chi connectivity index (χ3n) is 6.28. The van der Waals surface area contributed by atoms with Gasteiger partial charge in [0.25, 0.3) is 5.92 Å². The Balaban J connectivity index is 1.75. The molecule has 0 aliphatic carbocycles. The molecule has 0 radical (unpaired) electrons. The number of aryl methyl sites for hydroxylation is 1. The van der Waals surface area contributed by atoms with E-state index in [0.29, 0.717) is 43.9 Å². The summed E-state index contributed by atoms with van der Waals surface area (Å²) in [5, 5.41) is 13.6. The Hall–Kier alpha value is -3.52. The number of nitrogens with zero attached hydrogens (tertiary/aromatic N) is 3. The summed E-state index contributed by atoms with van der Waals surface area (Å²) in [7, 11) is 1.79. The van der Waals surface area contributed by atoms with Crippen LogP contribution in [0.15, 0.2) is 85.3 Å². The van der Waals surface area contributed by atoms with Crippen molar-refractivity contribution in [3.63, 3.8) is 0 Å². The van der Waals surface area contributed by atoms with Gasteiger partial charge < -0.3 is 14.4 Å². The molecule has 0 aliphatic rings. The number of rotatable bonds is 7. The molecule has 0 spiro atoms. The molecule has 2 aromatic heterocycles. The highest BCUT2D eigenvalue weighted by Crippen LogP contribution is 2.43. The van der Waals surface area contributed by atoms with Gasteiger partial charge >= 0.3 is 0 Å². The van der Waals surface area contributed by atoms with Crippen molar-refractivity contribution in [1.29, 1.82) is 0 Å². The Morgan fingerprint density at radius 2 is 1.66 bits per heavy atom. The van der Waals surface area contributed by atoms with Gasteiger partial charge in [-0.15, -0.1) is 0 Å². The van der Waals surface area contributed by atoms with Gasteiger partial charge in [0.1, 0.15) is 0 Å². The number of halogens is 4. The van der Waals surface area contributed by atoms with Crippen LogP contribution in [0.1, 0.15) is 23.7 Å². The molecule has 3 aromatic carbocycles. The van der Waals surface area contributed by atoms with Crippen molar-refractivity contribution < 1.29 is 18.6 Å². The molecule has 194 valence electrons. The summed E-state index contributed by atoms with van der Waals surface area (Å²) in [4.78, 5) is 8.75. The Bertz CT molecular complexity index is 1600. The van der Waals surface area contributed by atoms with E-state index in [-0.39, 0.29) is 10.9 Å². The van der Waals surface area contributed by atoms with E-state index in [1.807, 2.05) is 18.2 Å². The van der Waals surface area contributed by atoms with E-state index in [2.05, 4.69) is 9.97 Å². The molecule has 38 heavy (non-hydrogen) atoms. The Morgan fingerprint density at radius 1 is 0.974 bits per heavy atom. The van der Waals surface area contributed by atoms with Crippen LogP contribution in [-0.2, 0) is 12.6 Å². The molecule has 0 saturated heterocycles. The molecule has 2 heterocycles. The topological polar surface area (TPSA) is 60.2 Å². The smallest absolute Gasteiger partial charge is 0.278 e. The second-order valence-electron chi connectivity index (χ2n) is 9.17. The minimum Gasteiger partial charge on any atom is -0.471 e. The number of aromatic nitrogens is 3. The van der Waals surface area contributed by atoms with Crippen LogP contribution < -0.4 is 4.74 Å². The number of fused-ring (bicyclic) bond motifs is 1. The zero-order valence-corrected chi connectivity index (χ0v) is 22.0. The van der Waals surface area contributed by atoms with Gasteiger partial charge in [-0.2, -0.15) is 0 Å². The lowest BCUT2D eigenvalue weighted by Crippen LogP contribution is -2.31. The molecular weight excluding hydrogens is 531 g/mol. The third-order valence-corrected chi connectivity index (χ3v) is 6.92. The lowest BCUT2D eigenvalue weighted by Gasteiger charge is -2.30. The Labute approximate surface area is 228 Å². The number of benzene rings is 3. The minimum absolute atomic E-state index is 0.00238. The van der Waals surface area contributed by atoms with Crippen molar-refractivity contribution in [3.8, 4) is 17.0 Å². The average Bonchev–Trinajstić information content (AvgIpc) is 3.33. The highest BCUT2D eigenvalue weighted by molar-refractivity contribution is 6.38. The molecule has 0 fully saturated rings. The monoisotopic (exact) mass is 553 g/mol. The molecule has 1 unspecified atom stereocenters. The van der Waals surface area contributed by atoms with Crippen molar-refractivity contribution in [2.24, 2.45) is 7.05 Å². The van der Waals surface area contributed by atoms with Crippen LogP contribution in [0.4, 0.5) is 8.78 Å². The van der Waals surface area contributed by atoms with Gasteiger partial charge in [-0.3, -0.25) is 0 Å². The van der Waals surface area contributed by atoms with E-state index < -0.39 is 18.1 Å². The maximum atomic E-state index is 13.7. The van der Waals surface area contributed by atoms with Crippen LogP contribution in [-0.4, -0.2) is 32.2 Å². The van der Waals surface area contributed by atoms with Gasteiger partial charge in [-0.25, -0.2) is 18.7 Å². The second kappa shape index (κ2) is 9.98. The van der Waals surface area contributed by atoms with Crippen molar-refractivity contribution in [3.05, 3.63) is 112 Å². The second-order valence-corrected chi connectivity index (χ2v) is 9.98. The highest BCUT2D eigenvalue weighted by atomic mass is 35.5. The first-order chi connectivity index (χ1) is 18.1. The normalized spacial score (nSPS) is 13.4. The zero-order chi connectivity index (χ0) is 27.1. The molecule has 9 heteroatoms. The van der Waals surface area contributed by atoms with Gasteiger partial charge in [0, 0.05) is 24.4 Å². The van der Waals surface area contributed by atoms with Crippen molar-refractivity contribution in [2.45, 2.75) is 18.4 Å². The largest absolute Gasteiger partial charge is 0.471 e. The van der Waals surface area contributed by atoms with E-state index in [1.165, 1.54) is 0 Å². The number of ether oxygens (including phenoxy) is 1. The summed E-state index contributed by atoms with van der Waals surface area (Å²) in [6, 6.07) is 21.1. The molecule has 0 saturated carbocycles. The molecular formula is C29H23Cl2F2N3O2. The average molecular weight is 554 g/mol. The third kappa shape index (κ3) is 4.85. The van der Waals surface area contributed by atoms with Crippen LogP contribution >= 0.6 is 23.2 Å². The van der Waals surface area contributed by atoms with E-state index in [1.54, 1.807) is 78.7 Å². The number of hydrogen-bond acceptors (Lipinski definition) is 4. The molecule has 0 amide bonds. The maximum Gasteiger partial charge on any atom is 0.278 e. The molecule has 5 rings (SSSR count). The molecule has 1 N–H and O–H groups in total. The molecule has 5 aromatic rings. The van der Waals surface area contributed by atoms with Crippen LogP contribution in [0.5, 0.6) is 5.88 Å². The van der Waals surface area contributed by atoms with Crippen LogP contribution in [0.25, 0.3) is 22.0 Å². The summed E-state index contributed by atoms with van der Waals surface area (Å²) in [5.74, 6) is -3.05. The predicted molar refractivity (Wildman–Crippen MR) is 145 cm³/mol. The molecule has 0 aliphatic heterocycles. The summed E-state index contributed by atoms with van der Waals surface area (Å²) in [6.07, 6.45) is 3.20. The summed E-state index contributed by atoms with van der Waals surface area (Å²) >= 11 is 13.1. The SMILES string of the molecule is Cn1cncc1C(O)(c1ccc(Cl)cc1)c1ccc2nc(OCC(C)(F)F)c(-c3ccccc3)c(Cl)c2c1. The standard InChI is InChI=1S/C29H23Cl2F2N3O2/c1-28(32,33)16-38-27-25(18-6-4-3-5-7-18)26(31)22-14-20(10-13-23(22)35-27)29(37,24-15-34-17-36(24)2)19-8-11-21(30)12-9-19/h3-15,17,37H,16H2,1-2H3. The first-order valence-corrected chi connectivity index (χ1v) is 12.5. The van der Waals surface area contributed by atoms with Gasteiger partial charge in [0.05, 0.1) is 34.3 Å². The highest BCUT2D eigenvalue weighted by Gasteiger charge is 2.37. The van der Waals surface area contributed by atoms with E-state index >= 15 is 0 Å². The Morgan fingerprint density at radius 3 is 2.29 bits per heavy atom. The maximum absolute atomic E-state index is 13.7. The fourth-order valence-electron chi connectivity index (χ4n) is 4.44. The fraction of sp³-hybridized carbons (Fsp3) is 0.172. The van der Waals surface area contributed by atoms with Gasteiger partial charge in [0.2, 0.25) is 5.88 Å². The molecule has 5 nitrogen and oxygen atoms in total. The summed E-state index contributed by atoms with van der Waals surface area (Å²) in [5.41, 5.74) is 1.46.